The van der Waals surface area contributed by atoms with Gasteiger partial charge >= 0.3 is 0 Å². The Morgan fingerprint density at radius 2 is 1.88 bits per heavy atom. The fourth-order valence-electron chi connectivity index (χ4n) is 2.98. The molecule has 1 aromatic heterocycles. The summed E-state index contributed by atoms with van der Waals surface area (Å²) in [6, 6.07) is 9.65. The Labute approximate surface area is 143 Å². The van der Waals surface area contributed by atoms with Gasteiger partial charge in [-0.05, 0) is 68.0 Å². The molecule has 3 rings (SSSR count). The first kappa shape index (κ1) is 16.5. The van der Waals surface area contributed by atoms with E-state index in [1.807, 2.05) is 50.4 Å². The lowest BCUT2D eigenvalue weighted by molar-refractivity contribution is 0.102. The molecule has 1 N–H and O–H groups in total. The maximum atomic E-state index is 12.3. The van der Waals surface area contributed by atoms with Gasteiger partial charge in [-0.25, -0.2) is 4.98 Å². The third kappa shape index (κ3) is 3.75. The maximum Gasteiger partial charge on any atom is 0.256 e. The highest BCUT2D eigenvalue weighted by Gasteiger charge is 2.16. The molecule has 2 aromatic rings. The van der Waals surface area contributed by atoms with Crippen molar-refractivity contribution in [1.82, 2.24) is 4.98 Å². The fraction of sp³-hybridized carbons (Fsp3) is 0.400. The van der Waals surface area contributed by atoms with Gasteiger partial charge in [-0.1, -0.05) is 13.0 Å². The molecule has 0 unspecified atom stereocenters. The first-order valence-corrected chi connectivity index (χ1v) is 8.62. The SMILES string of the molecule is Cc1ccc(C(=O)Nc2ccc(N3CCC(C)CC3)cn2)cc1C. The number of aryl methyl sites for hydroxylation is 2. The molecule has 0 aliphatic carbocycles. The Balaban J connectivity index is 1.65. The number of pyridine rings is 1. The molecule has 1 saturated heterocycles. The molecule has 24 heavy (non-hydrogen) atoms. The zero-order chi connectivity index (χ0) is 17.1. The molecule has 0 spiro atoms. The number of rotatable bonds is 3. The summed E-state index contributed by atoms with van der Waals surface area (Å²) in [7, 11) is 0. The molecular weight excluding hydrogens is 298 g/mol. The average Bonchev–Trinajstić information content (AvgIpc) is 2.59. The zero-order valence-electron chi connectivity index (χ0n) is 14.7. The number of benzene rings is 1. The van der Waals surface area contributed by atoms with Gasteiger partial charge in [0.1, 0.15) is 5.82 Å². The Morgan fingerprint density at radius 1 is 1.12 bits per heavy atom. The highest BCUT2D eigenvalue weighted by Crippen LogP contribution is 2.23. The van der Waals surface area contributed by atoms with Gasteiger partial charge in [-0.2, -0.15) is 0 Å². The van der Waals surface area contributed by atoms with Crippen LogP contribution in [0.15, 0.2) is 36.5 Å². The molecule has 1 aliphatic rings. The largest absolute Gasteiger partial charge is 0.370 e. The molecule has 1 amide bonds. The summed E-state index contributed by atoms with van der Waals surface area (Å²) < 4.78 is 0. The van der Waals surface area contributed by atoms with Crippen molar-refractivity contribution in [3.8, 4) is 0 Å². The van der Waals surface area contributed by atoms with Gasteiger partial charge in [0.05, 0.1) is 11.9 Å². The van der Waals surface area contributed by atoms with E-state index in [1.54, 1.807) is 0 Å². The quantitative estimate of drug-likeness (QED) is 0.921. The van der Waals surface area contributed by atoms with Gasteiger partial charge in [-0.3, -0.25) is 4.79 Å². The van der Waals surface area contributed by atoms with Crippen LogP contribution in [0.25, 0.3) is 0 Å². The number of amides is 1. The molecule has 0 saturated carbocycles. The number of piperidine rings is 1. The predicted molar refractivity (Wildman–Crippen MR) is 98.7 cm³/mol. The van der Waals surface area contributed by atoms with Crippen molar-refractivity contribution in [1.29, 1.82) is 0 Å². The molecule has 0 bridgehead atoms. The topological polar surface area (TPSA) is 45.2 Å². The summed E-state index contributed by atoms with van der Waals surface area (Å²) in [6.45, 7) is 8.52. The van der Waals surface area contributed by atoms with Gasteiger partial charge in [0.2, 0.25) is 0 Å². The number of aromatic nitrogens is 1. The lowest BCUT2D eigenvalue weighted by Crippen LogP contribution is -2.32. The molecule has 4 nitrogen and oxygen atoms in total. The van der Waals surface area contributed by atoms with Crippen molar-refractivity contribution in [2.75, 3.05) is 23.3 Å². The molecular formula is C20H25N3O. The normalized spacial score (nSPS) is 15.4. The molecule has 1 fully saturated rings. The second-order valence-corrected chi connectivity index (χ2v) is 6.82. The Hall–Kier alpha value is -2.36. The first-order valence-electron chi connectivity index (χ1n) is 8.62. The van der Waals surface area contributed by atoms with Crippen molar-refractivity contribution >= 4 is 17.4 Å². The van der Waals surface area contributed by atoms with Crippen molar-refractivity contribution in [2.24, 2.45) is 5.92 Å². The summed E-state index contributed by atoms with van der Waals surface area (Å²) in [5, 5.41) is 2.87. The second kappa shape index (κ2) is 7.04. The number of carbonyl (C=O) groups excluding carboxylic acids is 1. The van der Waals surface area contributed by atoms with Gasteiger partial charge in [0.25, 0.3) is 5.91 Å². The van der Waals surface area contributed by atoms with Crippen LogP contribution in [0.4, 0.5) is 11.5 Å². The first-order chi connectivity index (χ1) is 11.5. The lowest BCUT2D eigenvalue weighted by Gasteiger charge is -2.31. The van der Waals surface area contributed by atoms with E-state index in [1.165, 1.54) is 18.4 Å². The molecule has 0 atom stereocenters. The van der Waals surface area contributed by atoms with E-state index in [0.29, 0.717) is 11.4 Å². The standard InChI is InChI=1S/C20H25N3O/c1-14-8-10-23(11-9-14)18-6-7-19(21-13-18)22-20(24)17-5-4-15(2)16(3)12-17/h4-7,12-14H,8-11H2,1-3H3,(H,21,22,24). The van der Waals surface area contributed by atoms with Crippen molar-refractivity contribution in [2.45, 2.75) is 33.6 Å². The number of hydrogen-bond donors (Lipinski definition) is 1. The fourth-order valence-corrected chi connectivity index (χ4v) is 2.98. The van der Waals surface area contributed by atoms with E-state index in [-0.39, 0.29) is 5.91 Å². The number of carbonyl (C=O) groups is 1. The van der Waals surface area contributed by atoms with E-state index in [4.69, 9.17) is 0 Å². The van der Waals surface area contributed by atoms with Crippen LogP contribution in [0.5, 0.6) is 0 Å². The molecule has 1 aliphatic heterocycles. The molecule has 0 radical (unpaired) electrons. The van der Waals surface area contributed by atoms with Crippen molar-refractivity contribution in [3.63, 3.8) is 0 Å². The number of hydrogen-bond acceptors (Lipinski definition) is 3. The van der Waals surface area contributed by atoms with Gasteiger partial charge in [0.15, 0.2) is 0 Å². The monoisotopic (exact) mass is 323 g/mol. The van der Waals surface area contributed by atoms with Crippen LogP contribution in [0, 0.1) is 19.8 Å². The van der Waals surface area contributed by atoms with Crippen LogP contribution >= 0.6 is 0 Å². The van der Waals surface area contributed by atoms with Crippen LogP contribution in [-0.2, 0) is 0 Å². The average molecular weight is 323 g/mol. The van der Waals surface area contributed by atoms with Crippen LogP contribution in [0.3, 0.4) is 0 Å². The number of anilines is 2. The van der Waals surface area contributed by atoms with Crippen molar-refractivity contribution < 1.29 is 4.79 Å². The van der Waals surface area contributed by atoms with E-state index < -0.39 is 0 Å². The van der Waals surface area contributed by atoms with Crippen LogP contribution in [-0.4, -0.2) is 24.0 Å². The second-order valence-electron chi connectivity index (χ2n) is 6.82. The van der Waals surface area contributed by atoms with E-state index in [0.717, 1.165) is 30.3 Å². The zero-order valence-corrected chi connectivity index (χ0v) is 14.7. The molecule has 4 heteroatoms. The van der Waals surface area contributed by atoms with Gasteiger partial charge < -0.3 is 10.2 Å². The molecule has 2 heterocycles. The number of nitrogens with one attached hydrogen (secondary N) is 1. The van der Waals surface area contributed by atoms with E-state index in [2.05, 4.69) is 22.1 Å². The summed E-state index contributed by atoms with van der Waals surface area (Å²) in [5.41, 5.74) is 4.09. The minimum atomic E-state index is -0.120. The molecule has 126 valence electrons. The van der Waals surface area contributed by atoms with Crippen LogP contribution in [0.1, 0.15) is 41.3 Å². The van der Waals surface area contributed by atoms with Crippen LogP contribution in [0.2, 0.25) is 0 Å². The third-order valence-corrected chi connectivity index (χ3v) is 4.91. The van der Waals surface area contributed by atoms with Crippen LogP contribution < -0.4 is 10.2 Å². The van der Waals surface area contributed by atoms with Gasteiger partial charge in [0, 0.05) is 18.7 Å². The van der Waals surface area contributed by atoms with E-state index >= 15 is 0 Å². The Kier molecular flexibility index (Phi) is 4.84. The Bertz CT molecular complexity index is 716. The summed E-state index contributed by atoms with van der Waals surface area (Å²) in [4.78, 5) is 19.1. The summed E-state index contributed by atoms with van der Waals surface area (Å²) in [6.07, 6.45) is 4.31. The molecule has 1 aromatic carbocycles. The highest BCUT2D eigenvalue weighted by molar-refractivity contribution is 6.03. The highest BCUT2D eigenvalue weighted by atomic mass is 16.1. The minimum Gasteiger partial charge on any atom is -0.370 e. The van der Waals surface area contributed by atoms with Gasteiger partial charge in [-0.15, -0.1) is 0 Å². The lowest BCUT2D eigenvalue weighted by atomic mass is 9.99. The third-order valence-electron chi connectivity index (χ3n) is 4.91. The Morgan fingerprint density at radius 3 is 2.50 bits per heavy atom. The predicted octanol–water partition coefficient (Wildman–Crippen LogP) is 4.19. The smallest absolute Gasteiger partial charge is 0.256 e. The number of nitrogens with zero attached hydrogens (tertiary/aromatic N) is 2. The summed E-state index contributed by atoms with van der Waals surface area (Å²) in [5.74, 6) is 1.28. The summed E-state index contributed by atoms with van der Waals surface area (Å²) >= 11 is 0. The minimum absolute atomic E-state index is 0.120. The maximum absolute atomic E-state index is 12.3. The van der Waals surface area contributed by atoms with E-state index in [9.17, 15) is 4.79 Å². The van der Waals surface area contributed by atoms with Crippen molar-refractivity contribution in [3.05, 3.63) is 53.2 Å².